The zero-order valence-corrected chi connectivity index (χ0v) is 10.2. The van der Waals surface area contributed by atoms with E-state index in [9.17, 15) is 4.57 Å². The zero-order valence-electron chi connectivity index (χ0n) is 9.27. The topological polar surface area (TPSA) is 41.5 Å². The number of rotatable bonds is 6. The third-order valence-corrected chi connectivity index (χ3v) is 4.37. The van der Waals surface area contributed by atoms with Crippen molar-refractivity contribution in [2.24, 2.45) is 0 Å². The van der Waals surface area contributed by atoms with E-state index in [0.717, 1.165) is 6.54 Å². The quantitative estimate of drug-likeness (QED) is 0.508. The van der Waals surface area contributed by atoms with Crippen LogP contribution >= 0.6 is 7.75 Å². The van der Waals surface area contributed by atoms with Crippen molar-refractivity contribution in [3.63, 3.8) is 0 Å². The molecule has 0 radical (unpaired) electrons. The molecule has 1 fully saturated rings. The average molecular weight is 222 g/mol. The highest BCUT2D eigenvalue weighted by molar-refractivity contribution is 7.51. The molecule has 0 N–H and O–H groups in total. The van der Waals surface area contributed by atoms with Gasteiger partial charge in [-0.3, -0.25) is 9.05 Å². The van der Waals surface area contributed by atoms with Crippen LogP contribution in [0.5, 0.6) is 0 Å². The van der Waals surface area contributed by atoms with Gasteiger partial charge in [0.15, 0.2) is 0 Å². The lowest BCUT2D eigenvalue weighted by Crippen LogP contribution is -2.09. The number of hydrogen-bond donors (Lipinski definition) is 0. The molecule has 1 aliphatic heterocycles. The smallest absolute Gasteiger partial charge is 0.296 e. The van der Waals surface area contributed by atoms with Crippen molar-refractivity contribution in [3.8, 4) is 0 Å². The molecule has 1 aliphatic rings. The third-order valence-electron chi connectivity index (χ3n) is 2.13. The van der Waals surface area contributed by atoms with Crippen LogP contribution in [0.2, 0.25) is 0 Å². The Bertz CT molecular complexity index is 227. The van der Waals surface area contributed by atoms with Crippen molar-refractivity contribution < 1.29 is 13.6 Å². The molecule has 1 saturated heterocycles. The van der Waals surface area contributed by atoms with Crippen molar-refractivity contribution in [1.82, 2.24) is 9.79 Å². The Morgan fingerprint density at radius 3 is 2.00 bits per heavy atom. The largest absolute Gasteiger partial charge is 0.423 e. The fraction of sp³-hybridized carbons (Fsp3) is 1.00. The lowest BCUT2D eigenvalue weighted by Gasteiger charge is -2.17. The van der Waals surface area contributed by atoms with Crippen LogP contribution < -0.4 is 0 Å². The summed E-state index contributed by atoms with van der Waals surface area (Å²) >= 11 is 0. The molecule has 14 heavy (non-hydrogen) atoms. The summed E-state index contributed by atoms with van der Waals surface area (Å²) in [5, 5.41) is 1.96. The molecule has 0 aromatic rings. The van der Waals surface area contributed by atoms with Gasteiger partial charge in [-0.25, -0.2) is 9.57 Å². The summed E-state index contributed by atoms with van der Waals surface area (Å²) in [6.45, 7) is 9.25. The Hall–Kier alpha value is 0.0700. The van der Waals surface area contributed by atoms with Gasteiger partial charge in [0.05, 0.1) is 19.4 Å². The summed E-state index contributed by atoms with van der Waals surface area (Å²) in [5.41, 5.74) is 0. The molecular weight excluding hydrogens is 203 g/mol. The first-order valence-electron chi connectivity index (χ1n) is 5.06. The van der Waals surface area contributed by atoms with E-state index in [1.54, 1.807) is 4.78 Å². The molecule has 1 heterocycles. The maximum Gasteiger partial charge on any atom is 0.423 e. The van der Waals surface area contributed by atoms with Gasteiger partial charge in [0.25, 0.3) is 0 Å². The molecule has 0 saturated carbocycles. The molecular formula is C8H19N2O3P. The van der Waals surface area contributed by atoms with Crippen LogP contribution in [0.3, 0.4) is 0 Å². The average Bonchev–Trinajstić information content (AvgIpc) is 2.78. The van der Waals surface area contributed by atoms with Crippen LogP contribution in [0, 0.1) is 0 Å². The minimum Gasteiger partial charge on any atom is -0.296 e. The maximum absolute atomic E-state index is 12.2. The number of hydrogen-bond acceptors (Lipinski definition) is 4. The van der Waals surface area contributed by atoms with E-state index >= 15 is 0 Å². The second-order valence-corrected chi connectivity index (χ2v) is 4.88. The van der Waals surface area contributed by atoms with Crippen molar-refractivity contribution >= 4 is 7.75 Å². The van der Waals surface area contributed by atoms with Gasteiger partial charge < -0.3 is 0 Å². The summed E-state index contributed by atoms with van der Waals surface area (Å²) in [7, 11) is -3.05. The Kier molecular flexibility index (Phi) is 4.10. The van der Waals surface area contributed by atoms with Crippen LogP contribution in [0.4, 0.5) is 0 Å². The fourth-order valence-electron chi connectivity index (χ4n) is 1.53. The predicted octanol–water partition coefficient (Wildman–Crippen LogP) is 2.07. The normalized spacial score (nSPS) is 31.9. The first kappa shape index (κ1) is 12.1. The Balaban J connectivity index is 2.65. The lowest BCUT2D eigenvalue weighted by atomic mass is 10.6. The molecule has 0 spiro atoms. The number of hydrazine groups is 1. The predicted molar refractivity (Wildman–Crippen MR) is 54.5 cm³/mol. The van der Waals surface area contributed by atoms with Gasteiger partial charge in [0.1, 0.15) is 0 Å². The first-order chi connectivity index (χ1) is 6.60. The van der Waals surface area contributed by atoms with E-state index in [4.69, 9.17) is 9.05 Å². The molecule has 0 amide bonds. The first-order valence-corrected chi connectivity index (χ1v) is 6.55. The van der Waals surface area contributed by atoms with Crippen molar-refractivity contribution in [3.05, 3.63) is 0 Å². The Morgan fingerprint density at radius 2 is 1.71 bits per heavy atom. The van der Waals surface area contributed by atoms with Gasteiger partial charge in [0, 0.05) is 6.54 Å². The van der Waals surface area contributed by atoms with Crippen LogP contribution in [0.15, 0.2) is 0 Å². The van der Waals surface area contributed by atoms with Gasteiger partial charge in [0.2, 0.25) is 0 Å². The Labute approximate surface area is 85.5 Å². The van der Waals surface area contributed by atoms with Crippen molar-refractivity contribution in [1.29, 1.82) is 0 Å². The molecule has 0 aliphatic carbocycles. The summed E-state index contributed by atoms with van der Waals surface area (Å²) in [4.78, 5) is 0. The van der Waals surface area contributed by atoms with Crippen molar-refractivity contribution in [2.45, 2.75) is 33.9 Å². The van der Waals surface area contributed by atoms with E-state index in [1.807, 2.05) is 32.7 Å². The van der Waals surface area contributed by atoms with Crippen molar-refractivity contribution in [2.75, 3.05) is 19.8 Å². The molecule has 0 aromatic carbocycles. The SMILES string of the molecule is CCOP(=O)(OCC)N1C(C)N1CC. The van der Waals surface area contributed by atoms with Crippen LogP contribution in [0.25, 0.3) is 0 Å². The van der Waals surface area contributed by atoms with Gasteiger partial charge in [-0.15, -0.1) is 4.78 Å². The third kappa shape index (κ3) is 2.18. The van der Waals surface area contributed by atoms with Gasteiger partial charge in [-0.2, -0.15) is 0 Å². The fourth-order valence-corrected chi connectivity index (χ4v) is 3.54. The van der Waals surface area contributed by atoms with Gasteiger partial charge in [-0.05, 0) is 20.8 Å². The van der Waals surface area contributed by atoms with E-state index in [2.05, 4.69) is 0 Å². The molecule has 1 rings (SSSR count). The lowest BCUT2D eigenvalue weighted by molar-refractivity contribution is 0.178. The molecule has 0 bridgehead atoms. The maximum atomic E-state index is 12.2. The molecule has 0 aromatic heterocycles. The molecule has 3 unspecified atom stereocenters. The summed E-state index contributed by atoms with van der Waals surface area (Å²) in [5.74, 6) is 0. The second-order valence-electron chi connectivity index (χ2n) is 3.01. The Morgan fingerprint density at radius 1 is 1.21 bits per heavy atom. The van der Waals surface area contributed by atoms with E-state index in [-0.39, 0.29) is 6.17 Å². The standard InChI is InChI=1S/C8H19N2O3P/c1-5-9-8(4)10(9)14(11,12-6-2)13-7-3/h8H,5-7H2,1-4H3. The van der Waals surface area contributed by atoms with Crippen LogP contribution in [0.1, 0.15) is 27.7 Å². The monoisotopic (exact) mass is 222 g/mol. The van der Waals surface area contributed by atoms with E-state index in [0.29, 0.717) is 13.2 Å². The van der Waals surface area contributed by atoms with Crippen LogP contribution in [-0.2, 0) is 13.6 Å². The molecule has 3 atom stereocenters. The van der Waals surface area contributed by atoms with Crippen LogP contribution in [-0.4, -0.2) is 35.7 Å². The molecule has 6 heteroatoms. The summed E-state index contributed by atoms with van der Waals surface area (Å²) < 4.78 is 24.3. The highest BCUT2D eigenvalue weighted by atomic mass is 31.2. The van der Waals surface area contributed by atoms with Gasteiger partial charge >= 0.3 is 7.75 Å². The zero-order chi connectivity index (χ0) is 10.8. The van der Waals surface area contributed by atoms with E-state index in [1.165, 1.54) is 0 Å². The highest BCUT2D eigenvalue weighted by Crippen LogP contribution is 2.60. The summed E-state index contributed by atoms with van der Waals surface area (Å²) in [6.07, 6.45) is 0.156. The minimum atomic E-state index is -3.05. The summed E-state index contributed by atoms with van der Waals surface area (Å²) in [6, 6.07) is 0. The molecule has 84 valence electrons. The second kappa shape index (κ2) is 4.73. The highest BCUT2D eigenvalue weighted by Gasteiger charge is 2.54. The molecule has 5 nitrogen and oxygen atoms in total. The van der Waals surface area contributed by atoms with E-state index < -0.39 is 7.75 Å². The van der Waals surface area contributed by atoms with Gasteiger partial charge in [-0.1, -0.05) is 6.92 Å². The number of nitrogens with zero attached hydrogens (tertiary/aromatic N) is 2. The minimum absolute atomic E-state index is 0.156.